The molecule has 1 heterocycles. The second kappa shape index (κ2) is 8.17. The van der Waals surface area contributed by atoms with Crippen molar-refractivity contribution in [3.63, 3.8) is 0 Å². The summed E-state index contributed by atoms with van der Waals surface area (Å²) in [5.74, 6) is 0.241. The number of nitro benzene ring substituents is 1. The maximum Gasteiger partial charge on any atom is 0.271 e. The van der Waals surface area contributed by atoms with E-state index in [0.717, 1.165) is 5.56 Å². The first kappa shape index (κ1) is 18.8. The third kappa shape index (κ3) is 4.42. The molecule has 0 atom stereocenters. The Hall–Kier alpha value is -3.94. The van der Waals surface area contributed by atoms with Gasteiger partial charge in [-0.3, -0.25) is 19.7 Å². The van der Waals surface area contributed by atoms with Crippen molar-refractivity contribution in [2.75, 3.05) is 12.4 Å². The van der Waals surface area contributed by atoms with Crippen LogP contribution in [-0.2, 0) is 6.54 Å². The zero-order valence-electron chi connectivity index (χ0n) is 15.0. The molecule has 2 aromatic carbocycles. The summed E-state index contributed by atoms with van der Waals surface area (Å²) in [6, 6.07) is 15.6. The van der Waals surface area contributed by atoms with Crippen molar-refractivity contribution in [1.82, 2.24) is 4.57 Å². The van der Waals surface area contributed by atoms with Gasteiger partial charge < -0.3 is 14.6 Å². The fraction of sp³-hybridized carbons (Fsp3) is 0.100. The minimum absolute atomic E-state index is 0.123. The number of benzene rings is 2. The lowest BCUT2D eigenvalue weighted by atomic mass is 10.2. The Bertz CT molecular complexity index is 1070. The van der Waals surface area contributed by atoms with Crippen LogP contribution in [0.2, 0.25) is 0 Å². The SMILES string of the molecule is COc1ccc(Cn2cc(C(=O)Nc3cccc([N+](=O)[O-])c3)ccc2=O)cc1. The van der Waals surface area contributed by atoms with E-state index in [1.807, 2.05) is 12.1 Å². The number of pyridine rings is 1. The average Bonchev–Trinajstić information content (AvgIpc) is 2.70. The molecule has 142 valence electrons. The first-order valence-electron chi connectivity index (χ1n) is 8.35. The number of hydrogen-bond donors (Lipinski definition) is 1. The van der Waals surface area contributed by atoms with Crippen LogP contribution in [-0.4, -0.2) is 22.5 Å². The first-order valence-corrected chi connectivity index (χ1v) is 8.35. The number of non-ortho nitro benzene ring substituents is 1. The van der Waals surface area contributed by atoms with E-state index in [4.69, 9.17) is 4.74 Å². The molecule has 0 saturated carbocycles. The molecule has 8 heteroatoms. The van der Waals surface area contributed by atoms with Gasteiger partial charge in [-0.05, 0) is 29.8 Å². The average molecular weight is 379 g/mol. The van der Waals surface area contributed by atoms with Crippen LogP contribution in [0.5, 0.6) is 5.75 Å². The molecule has 0 aliphatic rings. The minimum Gasteiger partial charge on any atom is -0.497 e. The molecule has 1 aromatic heterocycles. The minimum atomic E-state index is -0.537. The lowest BCUT2D eigenvalue weighted by Gasteiger charge is -2.10. The molecule has 0 spiro atoms. The Balaban J connectivity index is 1.79. The van der Waals surface area contributed by atoms with E-state index < -0.39 is 10.8 Å². The molecule has 1 N–H and O–H groups in total. The summed E-state index contributed by atoms with van der Waals surface area (Å²) in [4.78, 5) is 34.9. The molecule has 0 fully saturated rings. The van der Waals surface area contributed by atoms with Gasteiger partial charge in [-0.2, -0.15) is 0 Å². The van der Waals surface area contributed by atoms with E-state index in [9.17, 15) is 19.7 Å². The van der Waals surface area contributed by atoms with Crippen LogP contribution in [0.4, 0.5) is 11.4 Å². The zero-order valence-corrected chi connectivity index (χ0v) is 15.0. The number of carbonyl (C=O) groups is 1. The van der Waals surface area contributed by atoms with Crippen molar-refractivity contribution in [2.45, 2.75) is 6.54 Å². The first-order chi connectivity index (χ1) is 13.5. The van der Waals surface area contributed by atoms with Gasteiger partial charge in [0.2, 0.25) is 0 Å². The van der Waals surface area contributed by atoms with Crippen molar-refractivity contribution in [1.29, 1.82) is 0 Å². The van der Waals surface area contributed by atoms with Crippen LogP contribution in [0.3, 0.4) is 0 Å². The smallest absolute Gasteiger partial charge is 0.271 e. The Morgan fingerprint density at radius 3 is 2.57 bits per heavy atom. The molecule has 8 nitrogen and oxygen atoms in total. The fourth-order valence-corrected chi connectivity index (χ4v) is 2.62. The number of ether oxygens (including phenoxy) is 1. The lowest BCUT2D eigenvalue weighted by Crippen LogP contribution is -2.22. The summed E-state index contributed by atoms with van der Waals surface area (Å²) in [5, 5.41) is 13.5. The maximum absolute atomic E-state index is 12.5. The standard InChI is InChI=1S/C20H17N3O5/c1-28-18-8-5-14(6-9-18)12-22-13-15(7-10-19(22)24)20(25)21-16-3-2-4-17(11-16)23(26)27/h2-11,13H,12H2,1H3,(H,21,25). The number of nitrogens with zero attached hydrogens (tertiary/aromatic N) is 2. The number of amides is 1. The predicted octanol–water partition coefficient (Wildman–Crippen LogP) is 3.07. The van der Waals surface area contributed by atoms with Gasteiger partial charge in [-0.25, -0.2) is 0 Å². The van der Waals surface area contributed by atoms with Gasteiger partial charge in [0.15, 0.2) is 0 Å². The maximum atomic E-state index is 12.5. The summed E-state index contributed by atoms with van der Waals surface area (Å²) >= 11 is 0. The summed E-state index contributed by atoms with van der Waals surface area (Å²) in [7, 11) is 1.57. The normalized spacial score (nSPS) is 10.3. The Labute approximate surface area is 160 Å². The Morgan fingerprint density at radius 2 is 1.89 bits per heavy atom. The van der Waals surface area contributed by atoms with Crippen LogP contribution in [0.1, 0.15) is 15.9 Å². The van der Waals surface area contributed by atoms with E-state index in [1.54, 1.807) is 25.3 Å². The van der Waals surface area contributed by atoms with Crippen molar-refractivity contribution in [2.24, 2.45) is 0 Å². The molecule has 3 aromatic rings. The van der Waals surface area contributed by atoms with Crippen molar-refractivity contribution in [3.8, 4) is 5.75 Å². The number of methoxy groups -OCH3 is 1. The zero-order chi connectivity index (χ0) is 20.1. The molecule has 3 rings (SSSR count). The lowest BCUT2D eigenvalue weighted by molar-refractivity contribution is -0.384. The molecule has 0 unspecified atom stereocenters. The monoisotopic (exact) mass is 379 g/mol. The highest BCUT2D eigenvalue weighted by molar-refractivity contribution is 6.04. The number of aromatic nitrogens is 1. The summed E-state index contributed by atoms with van der Waals surface area (Å²) in [6.45, 7) is 0.292. The predicted molar refractivity (Wildman–Crippen MR) is 104 cm³/mol. The van der Waals surface area contributed by atoms with Crippen molar-refractivity contribution >= 4 is 17.3 Å². The van der Waals surface area contributed by atoms with Gasteiger partial charge >= 0.3 is 0 Å². The number of anilines is 1. The number of hydrogen-bond acceptors (Lipinski definition) is 5. The molecular weight excluding hydrogens is 362 g/mol. The molecule has 28 heavy (non-hydrogen) atoms. The summed E-state index contributed by atoms with van der Waals surface area (Å²) < 4.78 is 6.53. The van der Waals surface area contributed by atoms with Gasteiger partial charge in [0.25, 0.3) is 17.2 Å². The molecule has 0 aliphatic heterocycles. The fourth-order valence-electron chi connectivity index (χ4n) is 2.62. The van der Waals surface area contributed by atoms with Crippen LogP contribution in [0.25, 0.3) is 0 Å². The van der Waals surface area contributed by atoms with Gasteiger partial charge in [-0.1, -0.05) is 18.2 Å². The highest BCUT2D eigenvalue weighted by atomic mass is 16.6. The molecule has 1 amide bonds. The van der Waals surface area contributed by atoms with Crippen LogP contribution in [0, 0.1) is 10.1 Å². The third-order valence-electron chi connectivity index (χ3n) is 4.07. The quantitative estimate of drug-likeness (QED) is 0.524. The third-order valence-corrected chi connectivity index (χ3v) is 4.07. The topological polar surface area (TPSA) is 103 Å². The highest BCUT2D eigenvalue weighted by Gasteiger charge is 2.11. The highest BCUT2D eigenvalue weighted by Crippen LogP contribution is 2.18. The second-order valence-corrected chi connectivity index (χ2v) is 5.99. The van der Waals surface area contributed by atoms with Crippen LogP contribution < -0.4 is 15.6 Å². The van der Waals surface area contributed by atoms with E-state index in [1.165, 1.54) is 41.1 Å². The molecule has 0 radical (unpaired) electrons. The number of nitrogens with one attached hydrogen (secondary N) is 1. The van der Waals surface area contributed by atoms with Crippen molar-refractivity contribution < 1.29 is 14.5 Å². The van der Waals surface area contributed by atoms with Gasteiger partial charge in [0, 0.05) is 30.1 Å². The largest absolute Gasteiger partial charge is 0.497 e. The van der Waals surface area contributed by atoms with E-state index in [0.29, 0.717) is 18.0 Å². The second-order valence-electron chi connectivity index (χ2n) is 5.99. The van der Waals surface area contributed by atoms with Crippen LogP contribution in [0.15, 0.2) is 71.7 Å². The molecule has 0 aliphatic carbocycles. The van der Waals surface area contributed by atoms with E-state index in [2.05, 4.69) is 5.32 Å². The van der Waals surface area contributed by atoms with Gasteiger partial charge in [-0.15, -0.1) is 0 Å². The van der Waals surface area contributed by atoms with Gasteiger partial charge in [0.05, 0.1) is 24.1 Å². The Morgan fingerprint density at radius 1 is 1.14 bits per heavy atom. The van der Waals surface area contributed by atoms with E-state index >= 15 is 0 Å². The molecule has 0 bridgehead atoms. The van der Waals surface area contributed by atoms with Gasteiger partial charge in [0.1, 0.15) is 5.75 Å². The number of nitro groups is 1. The molecular formula is C20H17N3O5. The van der Waals surface area contributed by atoms with Crippen molar-refractivity contribution in [3.05, 3.63) is 98.5 Å². The Kier molecular flexibility index (Phi) is 5.50. The summed E-state index contributed by atoms with van der Waals surface area (Å²) in [5.41, 5.74) is 1.07. The number of carbonyl (C=O) groups excluding carboxylic acids is 1. The van der Waals surface area contributed by atoms with E-state index in [-0.39, 0.29) is 16.8 Å². The summed E-state index contributed by atoms with van der Waals surface area (Å²) in [6.07, 6.45) is 1.46. The number of rotatable bonds is 6. The molecule has 0 saturated heterocycles. The van der Waals surface area contributed by atoms with Crippen LogP contribution >= 0.6 is 0 Å².